The summed E-state index contributed by atoms with van der Waals surface area (Å²) in [6.07, 6.45) is 1.32. The van der Waals surface area contributed by atoms with E-state index < -0.39 is 15.9 Å². The van der Waals surface area contributed by atoms with Crippen molar-refractivity contribution >= 4 is 15.9 Å². The second kappa shape index (κ2) is 9.89. The molecule has 0 radical (unpaired) electrons. The fourth-order valence-electron chi connectivity index (χ4n) is 4.41. The number of carbonyl (C=O) groups excluding carboxylic acids is 1. The van der Waals surface area contributed by atoms with Gasteiger partial charge in [-0.1, -0.05) is 72.8 Å². The Balaban J connectivity index is 1.55. The quantitative estimate of drug-likeness (QED) is 0.582. The monoisotopic (exact) mass is 462 g/mol. The lowest BCUT2D eigenvalue weighted by molar-refractivity contribution is -0.126. The molecule has 3 aromatic carbocycles. The van der Waals surface area contributed by atoms with E-state index in [1.807, 2.05) is 86.6 Å². The maximum absolute atomic E-state index is 13.4. The first kappa shape index (κ1) is 23.2. The summed E-state index contributed by atoms with van der Waals surface area (Å²) in [6.45, 7) is 4.32. The summed E-state index contributed by atoms with van der Waals surface area (Å²) in [5.74, 6) is -0.512. The molecule has 0 unspecified atom stereocenters. The van der Waals surface area contributed by atoms with Gasteiger partial charge in [0.2, 0.25) is 15.9 Å². The average Bonchev–Trinajstić information content (AvgIpc) is 2.85. The zero-order valence-corrected chi connectivity index (χ0v) is 19.9. The Kier molecular flexibility index (Phi) is 6.96. The van der Waals surface area contributed by atoms with Gasteiger partial charge >= 0.3 is 0 Å². The van der Waals surface area contributed by atoms with Crippen molar-refractivity contribution in [3.05, 3.63) is 101 Å². The number of amides is 1. The predicted molar refractivity (Wildman–Crippen MR) is 130 cm³/mol. The van der Waals surface area contributed by atoms with Gasteiger partial charge in [0.1, 0.15) is 0 Å². The molecule has 0 spiro atoms. The molecule has 0 saturated carbocycles. The Morgan fingerprint density at radius 3 is 2.15 bits per heavy atom. The maximum atomic E-state index is 13.4. The topological polar surface area (TPSA) is 66.5 Å². The minimum absolute atomic E-state index is 0.117. The van der Waals surface area contributed by atoms with Crippen molar-refractivity contribution in [1.82, 2.24) is 9.62 Å². The van der Waals surface area contributed by atoms with Crippen LogP contribution in [-0.2, 0) is 14.8 Å². The van der Waals surface area contributed by atoms with E-state index in [9.17, 15) is 13.2 Å². The molecule has 0 bridgehead atoms. The van der Waals surface area contributed by atoms with Gasteiger partial charge in [0, 0.05) is 13.1 Å². The Morgan fingerprint density at radius 2 is 1.55 bits per heavy atom. The van der Waals surface area contributed by atoms with Gasteiger partial charge in [-0.25, -0.2) is 8.42 Å². The SMILES string of the molecule is Cc1ccc(C)c(S(=O)(=O)N2CCC[C@@H](C(=O)NC(c3ccccc3)c3ccccc3)C2)c1. The molecule has 1 atom stereocenters. The van der Waals surface area contributed by atoms with Crippen LogP contribution in [0.4, 0.5) is 0 Å². The number of sulfonamides is 1. The molecule has 4 rings (SSSR count). The number of aryl methyl sites for hydroxylation is 2. The number of hydrogen-bond donors (Lipinski definition) is 1. The van der Waals surface area contributed by atoms with Gasteiger partial charge in [0.05, 0.1) is 16.9 Å². The second-order valence-corrected chi connectivity index (χ2v) is 10.6. The van der Waals surface area contributed by atoms with Crippen molar-refractivity contribution in [3.63, 3.8) is 0 Å². The predicted octanol–water partition coefficient (Wildman–Crippen LogP) is 4.61. The molecular weight excluding hydrogens is 432 g/mol. The molecule has 1 heterocycles. The van der Waals surface area contributed by atoms with Crippen LogP contribution in [0.3, 0.4) is 0 Å². The molecule has 1 aliphatic heterocycles. The smallest absolute Gasteiger partial charge is 0.243 e. The number of hydrogen-bond acceptors (Lipinski definition) is 3. The molecule has 0 aliphatic carbocycles. The van der Waals surface area contributed by atoms with E-state index >= 15 is 0 Å². The van der Waals surface area contributed by atoms with E-state index in [1.54, 1.807) is 6.07 Å². The van der Waals surface area contributed by atoms with Crippen molar-refractivity contribution in [3.8, 4) is 0 Å². The van der Waals surface area contributed by atoms with Gasteiger partial charge in [-0.05, 0) is 55.0 Å². The van der Waals surface area contributed by atoms with Gasteiger partial charge in [0.15, 0.2) is 0 Å². The van der Waals surface area contributed by atoms with Crippen LogP contribution in [0.1, 0.15) is 41.1 Å². The Morgan fingerprint density at radius 1 is 0.939 bits per heavy atom. The molecule has 172 valence electrons. The summed E-state index contributed by atoms with van der Waals surface area (Å²) in [5, 5.41) is 3.19. The second-order valence-electron chi connectivity index (χ2n) is 8.73. The highest BCUT2D eigenvalue weighted by Crippen LogP contribution is 2.28. The van der Waals surface area contributed by atoms with Crippen molar-refractivity contribution < 1.29 is 13.2 Å². The average molecular weight is 463 g/mol. The number of nitrogens with one attached hydrogen (secondary N) is 1. The van der Waals surface area contributed by atoms with E-state index in [1.165, 1.54) is 4.31 Å². The minimum Gasteiger partial charge on any atom is -0.345 e. The number of benzene rings is 3. The van der Waals surface area contributed by atoms with Gasteiger partial charge in [-0.3, -0.25) is 4.79 Å². The molecule has 1 fully saturated rings. The first-order valence-electron chi connectivity index (χ1n) is 11.3. The lowest BCUT2D eigenvalue weighted by atomic mass is 9.95. The maximum Gasteiger partial charge on any atom is 0.243 e. The molecule has 1 saturated heterocycles. The number of piperidine rings is 1. The zero-order chi connectivity index (χ0) is 23.4. The van der Waals surface area contributed by atoms with Crippen molar-refractivity contribution in [1.29, 1.82) is 0 Å². The van der Waals surface area contributed by atoms with Crippen LogP contribution >= 0.6 is 0 Å². The first-order chi connectivity index (χ1) is 15.9. The summed E-state index contributed by atoms with van der Waals surface area (Å²) in [6, 6.07) is 24.9. The van der Waals surface area contributed by atoms with Gasteiger partial charge in [-0.2, -0.15) is 4.31 Å². The third-order valence-corrected chi connectivity index (χ3v) is 8.28. The van der Waals surface area contributed by atoms with Crippen LogP contribution in [0.25, 0.3) is 0 Å². The fraction of sp³-hybridized carbons (Fsp3) is 0.296. The molecule has 1 N–H and O–H groups in total. The summed E-state index contributed by atoms with van der Waals surface area (Å²) in [5.41, 5.74) is 3.61. The lowest BCUT2D eigenvalue weighted by Gasteiger charge is -2.32. The highest BCUT2D eigenvalue weighted by Gasteiger charge is 2.35. The number of rotatable bonds is 6. The Bertz CT molecular complexity index is 1170. The van der Waals surface area contributed by atoms with E-state index in [2.05, 4.69) is 5.32 Å². The molecule has 1 amide bonds. The summed E-state index contributed by atoms with van der Waals surface area (Å²) < 4.78 is 28.3. The highest BCUT2D eigenvalue weighted by atomic mass is 32.2. The summed E-state index contributed by atoms with van der Waals surface area (Å²) in [4.78, 5) is 13.7. The molecular formula is C27H30N2O3S. The van der Waals surface area contributed by atoms with Crippen molar-refractivity contribution in [2.45, 2.75) is 37.6 Å². The fourth-order valence-corrected chi connectivity index (χ4v) is 6.24. The van der Waals surface area contributed by atoms with E-state index in [4.69, 9.17) is 0 Å². The van der Waals surface area contributed by atoms with Crippen LogP contribution in [0.15, 0.2) is 83.8 Å². The zero-order valence-electron chi connectivity index (χ0n) is 19.1. The summed E-state index contributed by atoms with van der Waals surface area (Å²) >= 11 is 0. The largest absolute Gasteiger partial charge is 0.345 e. The van der Waals surface area contributed by atoms with Crippen LogP contribution in [-0.4, -0.2) is 31.7 Å². The molecule has 5 nitrogen and oxygen atoms in total. The summed E-state index contributed by atoms with van der Waals surface area (Å²) in [7, 11) is -3.66. The third kappa shape index (κ3) is 5.18. The molecule has 6 heteroatoms. The van der Waals surface area contributed by atoms with E-state index in [0.29, 0.717) is 24.3 Å². The Labute approximate surface area is 196 Å². The minimum atomic E-state index is -3.66. The highest BCUT2D eigenvalue weighted by molar-refractivity contribution is 7.89. The van der Waals surface area contributed by atoms with E-state index in [0.717, 1.165) is 22.3 Å². The van der Waals surface area contributed by atoms with Gasteiger partial charge < -0.3 is 5.32 Å². The third-order valence-electron chi connectivity index (χ3n) is 6.27. The van der Waals surface area contributed by atoms with E-state index in [-0.39, 0.29) is 18.5 Å². The van der Waals surface area contributed by atoms with Gasteiger partial charge in [-0.15, -0.1) is 0 Å². The Hall–Kier alpha value is -2.96. The van der Waals surface area contributed by atoms with Crippen LogP contribution < -0.4 is 5.32 Å². The molecule has 3 aromatic rings. The lowest BCUT2D eigenvalue weighted by Crippen LogP contribution is -2.46. The number of nitrogens with zero attached hydrogens (tertiary/aromatic N) is 1. The van der Waals surface area contributed by atoms with Crippen molar-refractivity contribution in [2.24, 2.45) is 5.92 Å². The van der Waals surface area contributed by atoms with Crippen molar-refractivity contribution in [2.75, 3.05) is 13.1 Å². The standard InChI is InChI=1S/C27H30N2O3S/c1-20-15-16-21(2)25(18-20)33(31,32)29-17-9-14-24(19-29)27(30)28-26(22-10-5-3-6-11-22)23-12-7-4-8-13-23/h3-8,10-13,15-16,18,24,26H,9,14,17,19H2,1-2H3,(H,28,30)/t24-/m1/s1. The molecule has 33 heavy (non-hydrogen) atoms. The number of carbonyl (C=O) groups is 1. The van der Waals surface area contributed by atoms with Crippen LogP contribution in [0.2, 0.25) is 0 Å². The van der Waals surface area contributed by atoms with Crippen LogP contribution in [0, 0.1) is 19.8 Å². The normalized spacial score (nSPS) is 17.1. The molecule has 1 aliphatic rings. The first-order valence-corrected chi connectivity index (χ1v) is 12.8. The van der Waals surface area contributed by atoms with Gasteiger partial charge in [0.25, 0.3) is 0 Å². The van der Waals surface area contributed by atoms with Crippen LogP contribution in [0.5, 0.6) is 0 Å². The molecule has 0 aromatic heterocycles.